The zero-order valence-corrected chi connectivity index (χ0v) is 9.64. The maximum absolute atomic E-state index is 5.46. The summed E-state index contributed by atoms with van der Waals surface area (Å²) in [6, 6.07) is 7.89. The molecule has 1 aromatic rings. The topological polar surface area (TPSA) is 47.3 Å². The molecule has 1 aromatic carbocycles. The molecule has 0 radical (unpaired) electrons. The fourth-order valence-electron chi connectivity index (χ4n) is 1.11. The zero-order valence-electron chi connectivity index (χ0n) is 8.82. The van der Waals surface area contributed by atoms with E-state index in [0.29, 0.717) is 11.7 Å². The Kier molecular flexibility index (Phi) is 4.90. The Bertz CT molecular complexity index is 311. The Morgan fingerprint density at radius 3 is 2.60 bits per heavy atom. The van der Waals surface area contributed by atoms with Crippen LogP contribution in [0, 0.1) is 0 Å². The molecule has 0 aromatic heterocycles. The van der Waals surface area contributed by atoms with Crippen molar-refractivity contribution >= 4 is 17.3 Å². The molecule has 0 unspecified atom stereocenters. The van der Waals surface area contributed by atoms with Crippen molar-refractivity contribution < 1.29 is 4.74 Å². The van der Waals surface area contributed by atoms with Crippen LogP contribution in [0.15, 0.2) is 24.3 Å². The molecule has 1 rings (SSSR count). The van der Waals surface area contributed by atoms with Crippen molar-refractivity contribution in [3.8, 4) is 5.75 Å². The van der Waals surface area contributed by atoms with E-state index in [-0.39, 0.29) is 0 Å². The lowest BCUT2D eigenvalue weighted by atomic mass is 10.2. The molecule has 82 valence electrons. The molecule has 0 atom stereocenters. The minimum Gasteiger partial charge on any atom is -0.494 e. The highest BCUT2D eigenvalue weighted by Crippen LogP contribution is 2.12. The maximum Gasteiger partial charge on any atom is 0.163 e. The molecule has 0 amide bonds. The second-order valence-corrected chi connectivity index (χ2v) is 3.65. The third-order valence-electron chi connectivity index (χ3n) is 1.86. The number of hydrogen-bond acceptors (Lipinski definition) is 2. The highest BCUT2D eigenvalue weighted by molar-refractivity contribution is 7.80. The lowest BCUT2D eigenvalue weighted by Gasteiger charge is -2.06. The third-order valence-corrected chi connectivity index (χ3v) is 2.01. The minimum absolute atomic E-state index is 0.321. The summed E-state index contributed by atoms with van der Waals surface area (Å²) in [5.41, 5.74) is 6.46. The molecular weight excluding hydrogens is 208 g/mol. The predicted molar refractivity (Wildman–Crippen MR) is 65.9 cm³/mol. The van der Waals surface area contributed by atoms with Gasteiger partial charge in [-0.05, 0) is 36.3 Å². The van der Waals surface area contributed by atoms with E-state index < -0.39 is 0 Å². The van der Waals surface area contributed by atoms with Crippen molar-refractivity contribution in [3.63, 3.8) is 0 Å². The van der Waals surface area contributed by atoms with Crippen LogP contribution in [0.3, 0.4) is 0 Å². The number of hydrogen-bond donors (Lipinski definition) is 2. The third kappa shape index (κ3) is 4.65. The molecule has 15 heavy (non-hydrogen) atoms. The van der Waals surface area contributed by atoms with E-state index in [2.05, 4.69) is 12.2 Å². The van der Waals surface area contributed by atoms with Gasteiger partial charge in [0.15, 0.2) is 5.11 Å². The van der Waals surface area contributed by atoms with Gasteiger partial charge in [-0.3, -0.25) is 0 Å². The summed E-state index contributed by atoms with van der Waals surface area (Å²) in [4.78, 5) is 0. The van der Waals surface area contributed by atoms with Gasteiger partial charge in [0.1, 0.15) is 5.75 Å². The summed E-state index contributed by atoms with van der Waals surface area (Å²) < 4.78 is 5.46. The van der Waals surface area contributed by atoms with Crippen LogP contribution in [0.5, 0.6) is 5.75 Å². The van der Waals surface area contributed by atoms with Gasteiger partial charge in [-0.1, -0.05) is 19.1 Å². The van der Waals surface area contributed by atoms with Crippen LogP contribution < -0.4 is 15.8 Å². The van der Waals surface area contributed by atoms with Crippen molar-refractivity contribution in [2.24, 2.45) is 5.73 Å². The quantitative estimate of drug-likeness (QED) is 0.749. The van der Waals surface area contributed by atoms with Crippen LogP contribution in [0.2, 0.25) is 0 Å². The molecule has 0 aliphatic heterocycles. The second-order valence-electron chi connectivity index (χ2n) is 3.21. The van der Waals surface area contributed by atoms with E-state index in [9.17, 15) is 0 Å². The first-order valence-electron chi connectivity index (χ1n) is 4.97. The number of rotatable bonds is 5. The van der Waals surface area contributed by atoms with Gasteiger partial charge in [-0.2, -0.15) is 0 Å². The maximum atomic E-state index is 5.46. The number of nitrogens with two attached hydrogens (primary N) is 1. The lowest BCUT2D eigenvalue weighted by Crippen LogP contribution is -2.28. The van der Waals surface area contributed by atoms with Gasteiger partial charge in [-0.25, -0.2) is 0 Å². The van der Waals surface area contributed by atoms with Crippen molar-refractivity contribution in [2.45, 2.75) is 19.9 Å². The van der Waals surface area contributed by atoms with Crippen molar-refractivity contribution in [1.82, 2.24) is 5.32 Å². The minimum atomic E-state index is 0.321. The van der Waals surface area contributed by atoms with E-state index in [0.717, 1.165) is 24.3 Å². The molecule has 0 saturated carbocycles. The van der Waals surface area contributed by atoms with Crippen LogP contribution in [0.4, 0.5) is 0 Å². The van der Waals surface area contributed by atoms with Crippen LogP contribution in [0.25, 0.3) is 0 Å². The van der Waals surface area contributed by atoms with Crippen molar-refractivity contribution in [1.29, 1.82) is 0 Å². The zero-order chi connectivity index (χ0) is 11.1. The average molecular weight is 224 g/mol. The fraction of sp³-hybridized carbons (Fsp3) is 0.364. The Labute approximate surface area is 95.6 Å². The van der Waals surface area contributed by atoms with Gasteiger partial charge in [0.05, 0.1) is 6.61 Å². The highest BCUT2D eigenvalue weighted by Gasteiger charge is 1.95. The first kappa shape index (κ1) is 11.8. The first-order valence-corrected chi connectivity index (χ1v) is 5.38. The number of nitrogens with one attached hydrogen (secondary N) is 1. The standard InChI is InChI=1S/C11H16N2OS/c1-2-7-14-10-5-3-9(4-6-10)8-13-11(12)15/h3-6H,2,7-8H2,1H3,(H3,12,13,15). The summed E-state index contributed by atoms with van der Waals surface area (Å²) in [5.74, 6) is 0.899. The highest BCUT2D eigenvalue weighted by atomic mass is 32.1. The Hall–Kier alpha value is -1.29. The largest absolute Gasteiger partial charge is 0.494 e. The van der Waals surface area contributed by atoms with E-state index in [4.69, 9.17) is 22.7 Å². The Morgan fingerprint density at radius 1 is 1.40 bits per heavy atom. The van der Waals surface area contributed by atoms with Gasteiger partial charge in [0, 0.05) is 6.54 Å². The molecule has 0 heterocycles. The number of thiocarbonyl (C=S) groups is 1. The molecule has 0 fully saturated rings. The SMILES string of the molecule is CCCOc1ccc(CNC(N)=S)cc1. The van der Waals surface area contributed by atoms with E-state index >= 15 is 0 Å². The number of ether oxygens (including phenoxy) is 1. The van der Waals surface area contributed by atoms with E-state index in [1.165, 1.54) is 0 Å². The molecule has 0 bridgehead atoms. The molecule has 0 spiro atoms. The predicted octanol–water partition coefficient (Wildman–Crippen LogP) is 1.81. The summed E-state index contributed by atoms with van der Waals surface area (Å²) >= 11 is 4.72. The van der Waals surface area contributed by atoms with Crippen LogP contribution in [0.1, 0.15) is 18.9 Å². The number of benzene rings is 1. The van der Waals surface area contributed by atoms with Crippen molar-refractivity contribution in [2.75, 3.05) is 6.61 Å². The normalized spacial score (nSPS) is 9.67. The summed E-state index contributed by atoms with van der Waals surface area (Å²) in [5, 5.41) is 3.21. The average Bonchev–Trinajstić information content (AvgIpc) is 2.25. The monoisotopic (exact) mass is 224 g/mol. The second kappa shape index (κ2) is 6.24. The first-order chi connectivity index (χ1) is 7.22. The Morgan fingerprint density at radius 2 is 2.07 bits per heavy atom. The van der Waals surface area contributed by atoms with E-state index in [1.807, 2.05) is 24.3 Å². The molecule has 4 heteroatoms. The van der Waals surface area contributed by atoms with Gasteiger partial charge in [0.2, 0.25) is 0 Å². The Balaban J connectivity index is 2.45. The van der Waals surface area contributed by atoms with Gasteiger partial charge in [0.25, 0.3) is 0 Å². The molecule has 3 N–H and O–H groups in total. The summed E-state index contributed by atoms with van der Waals surface area (Å²) in [6.45, 7) is 3.49. The van der Waals surface area contributed by atoms with E-state index in [1.54, 1.807) is 0 Å². The molecule has 0 saturated heterocycles. The molecule has 3 nitrogen and oxygen atoms in total. The van der Waals surface area contributed by atoms with Crippen LogP contribution >= 0.6 is 12.2 Å². The summed E-state index contributed by atoms with van der Waals surface area (Å²) in [6.07, 6.45) is 1.02. The molecular formula is C11H16N2OS. The van der Waals surface area contributed by atoms with Gasteiger partial charge >= 0.3 is 0 Å². The smallest absolute Gasteiger partial charge is 0.163 e. The lowest BCUT2D eigenvalue weighted by molar-refractivity contribution is 0.317. The molecule has 0 aliphatic carbocycles. The van der Waals surface area contributed by atoms with Crippen LogP contribution in [-0.4, -0.2) is 11.7 Å². The molecule has 0 aliphatic rings. The van der Waals surface area contributed by atoms with Gasteiger partial charge < -0.3 is 15.8 Å². The fourth-order valence-corrected chi connectivity index (χ4v) is 1.18. The van der Waals surface area contributed by atoms with Crippen LogP contribution in [-0.2, 0) is 6.54 Å². The van der Waals surface area contributed by atoms with Gasteiger partial charge in [-0.15, -0.1) is 0 Å². The van der Waals surface area contributed by atoms with Crippen molar-refractivity contribution in [3.05, 3.63) is 29.8 Å². The summed E-state index contributed by atoms with van der Waals surface area (Å²) in [7, 11) is 0.